The van der Waals surface area contributed by atoms with Gasteiger partial charge >= 0.3 is 6.03 Å². The van der Waals surface area contributed by atoms with Crippen molar-refractivity contribution in [1.82, 2.24) is 35.2 Å². The maximum atomic E-state index is 11.8. The molecule has 2 N–H and O–H groups in total. The minimum atomic E-state index is -0.218. The molecule has 2 heterocycles. The second kappa shape index (κ2) is 6.18. The van der Waals surface area contributed by atoms with Crippen molar-refractivity contribution >= 4 is 6.03 Å². The number of carbonyl (C=O) groups is 1. The molecule has 0 radical (unpaired) electrons. The third-order valence-electron chi connectivity index (χ3n) is 2.94. The van der Waals surface area contributed by atoms with Crippen LogP contribution >= 0.6 is 0 Å². The molecule has 8 heteroatoms. The van der Waals surface area contributed by atoms with Gasteiger partial charge in [0.15, 0.2) is 5.82 Å². The van der Waals surface area contributed by atoms with Crippen LogP contribution in [0.1, 0.15) is 24.4 Å². The van der Waals surface area contributed by atoms with Crippen LogP contribution < -0.4 is 10.6 Å². The van der Waals surface area contributed by atoms with Crippen molar-refractivity contribution in [1.29, 1.82) is 0 Å². The molecule has 2 rings (SSSR count). The van der Waals surface area contributed by atoms with E-state index >= 15 is 0 Å². The lowest BCUT2D eigenvalue weighted by Gasteiger charge is -2.13. The Morgan fingerprint density at radius 3 is 2.85 bits per heavy atom. The third-order valence-corrected chi connectivity index (χ3v) is 2.94. The smallest absolute Gasteiger partial charge is 0.315 e. The van der Waals surface area contributed by atoms with Crippen LogP contribution in [0.3, 0.4) is 0 Å². The second-order valence-corrected chi connectivity index (χ2v) is 4.69. The van der Waals surface area contributed by atoms with Crippen LogP contribution in [-0.4, -0.2) is 37.1 Å². The second-order valence-electron chi connectivity index (χ2n) is 4.69. The minimum Gasteiger partial charge on any atom is -0.338 e. The standard InChI is InChI=1S/C12H19N7O/c1-9(11-17-14-8-18(11)2)16-12(20)13-5-4-10-6-15-19(3)7-10/h6-9H,4-5H2,1-3H3,(H2,13,16,20)/t9-/m0/s1. The Hall–Kier alpha value is -2.38. The Kier molecular flexibility index (Phi) is 4.34. The topological polar surface area (TPSA) is 89.7 Å². The Labute approximate surface area is 117 Å². The fraction of sp³-hybridized carbons (Fsp3) is 0.500. The van der Waals surface area contributed by atoms with Crippen molar-refractivity contribution in [2.75, 3.05) is 6.54 Å². The summed E-state index contributed by atoms with van der Waals surface area (Å²) in [4.78, 5) is 11.8. The molecule has 0 bridgehead atoms. The Morgan fingerprint density at radius 1 is 1.45 bits per heavy atom. The zero-order chi connectivity index (χ0) is 14.5. The van der Waals surface area contributed by atoms with Gasteiger partial charge < -0.3 is 15.2 Å². The van der Waals surface area contributed by atoms with Crippen molar-refractivity contribution in [2.24, 2.45) is 14.1 Å². The lowest BCUT2D eigenvalue weighted by molar-refractivity contribution is 0.237. The summed E-state index contributed by atoms with van der Waals surface area (Å²) >= 11 is 0. The van der Waals surface area contributed by atoms with Crippen LogP contribution in [-0.2, 0) is 20.5 Å². The first-order valence-electron chi connectivity index (χ1n) is 6.42. The molecule has 8 nitrogen and oxygen atoms in total. The molecule has 0 aromatic carbocycles. The maximum Gasteiger partial charge on any atom is 0.315 e. The monoisotopic (exact) mass is 277 g/mol. The first-order valence-corrected chi connectivity index (χ1v) is 6.42. The van der Waals surface area contributed by atoms with Crippen LogP contribution in [0.4, 0.5) is 4.79 Å². The highest BCUT2D eigenvalue weighted by Gasteiger charge is 2.13. The first kappa shape index (κ1) is 14.0. The molecule has 20 heavy (non-hydrogen) atoms. The number of aromatic nitrogens is 5. The molecule has 0 spiro atoms. The summed E-state index contributed by atoms with van der Waals surface area (Å²) in [7, 11) is 3.71. The van der Waals surface area contributed by atoms with Crippen molar-refractivity contribution < 1.29 is 4.79 Å². The van der Waals surface area contributed by atoms with Crippen LogP contribution in [0, 0.1) is 0 Å². The lowest BCUT2D eigenvalue weighted by Crippen LogP contribution is -2.38. The summed E-state index contributed by atoms with van der Waals surface area (Å²) in [6.07, 6.45) is 6.08. The Balaban J connectivity index is 1.74. The van der Waals surface area contributed by atoms with Crippen molar-refractivity contribution in [3.05, 3.63) is 30.1 Å². The minimum absolute atomic E-state index is 0.194. The molecule has 1 atom stereocenters. The van der Waals surface area contributed by atoms with Crippen LogP contribution in [0.25, 0.3) is 0 Å². The van der Waals surface area contributed by atoms with Crippen molar-refractivity contribution in [3.8, 4) is 0 Å². The van der Waals surface area contributed by atoms with E-state index < -0.39 is 0 Å². The van der Waals surface area contributed by atoms with Crippen LogP contribution in [0.15, 0.2) is 18.7 Å². The van der Waals surface area contributed by atoms with E-state index in [-0.39, 0.29) is 12.1 Å². The Morgan fingerprint density at radius 2 is 2.25 bits per heavy atom. The molecule has 2 aromatic rings. The summed E-state index contributed by atoms with van der Waals surface area (Å²) in [5.74, 6) is 0.715. The number of hydrogen-bond acceptors (Lipinski definition) is 4. The fourth-order valence-electron chi connectivity index (χ4n) is 1.92. The molecule has 0 saturated heterocycles. The van der Waals surface area contributed by atoms with E-state index in [1.807, 2.05) is 27.2 Å². The molecule has 0 aliphatic heterocycles. The van der Waals surface area contributed by atoms with E-state index in [1.165, 1.54) is 0 Å². The van der Waals surface area contributed by atoms with Gasteiger partial charge in [0.2, 0.25) is 0 Å². The predicted octanol–water partition coefficient (Wildman–Crippen LogP) is 0.151. The summed E-state index contributed by atoms with van der Waals surface area (Å²) in [5, 5.41) is 17.5. The van der Waals surface area contributed by atoms with E-state index in [2.05, 4.69) is 25.9 Å². The van der Waals surface area contributed by atoms with Gasteiger partial charge in [-0.2, -0.15) is 5.10 Å². The maximum absolute atomic E-state index is 11.8. The van der Waals surface area contributed by atoms with E-state index in [4.69, 9.17) is 0 Å². The van der Waals surface area contributed by atoms with Gasteiger partial charge in [0.25, 0.3) is 0 Å². The van der Waals surface area contributed by atoms with Crippen molar-refractivity contribution in [3.63, 3.8) is 0 Å². The van der Waals surface area contributed by atoms with E-state index in [1.54, 1.807) is 21.8 Å². The highest BCUT2D eigenvalue weighted by molar-refractivity contribution is 5.74. The highest BCUT2D eigenvalue weighted by Crippen LogP contribution is 2.06. The molecule has 2 aromatic heterocycles. The molecular weight excluding hydrogens is 258 g/mol. The lowest BCUT2D eigenvalue weighted by atomic mass is 10.2. The number of rotatable bonds is 5. The van der Waals surface area contributed by atoms with Crippen molar-refractivity contribution in [2.45, 2.75) is 19.4 Å². The van der Waals surface area contributed by atoms with Gasteiger partial charge in [0.05, 0.1) is 12.2 Å². The summed E-state index contributed by atoms with van der Waals surface area (Å²) in [6, 6.07) is -0.412. The fourth-order valence-corrected chi connectivity index (χ4v) is 1.92. The van der Waals surface area contributed by atoms with E-state index in [9.17, 15) is 4.79 Å². The molecule has 0 unspecified atom stereocenters. The molecular formula is C12H19N7O. The zero-order valence-electron chi connectivity index (χ0n) is 11.9. The SMILES string of the molecule is C[C@H](NC(=O)NCCc1cnn(C)c1)c1nncn1C. The number of carbonyl (C=O) groups excluding carboxylic acids is 1. The number of aryl methyl sites for hydroxylation is 2. The molecule has 0 fully saturated rings. The normalized spacial score (nSPS) is 12.2. The first-order chi connectivity index (χ1) is 9.56. The van der Waals surface area contributed by atoms with Gasteiger partial charge in [-0.25, -0.2) is 4.79 Å². The van der Waals surface area contributed by atoms with E-state index in [0.717, 1.165) is 12.0 Å². The average Bonchev–Trinajstić information content (AvgIpc) is 2.98. The zero-order valence-corrected chi connectivity index (χ0v) is 11.9. The number of hydrogen-bond donors (Lipinski definition) is 2. The predicted molar refractivity (Wildman–Crippen MR) is 72.9 cm³/mol. The molecule has 108 valence electrons. The van der Waals surface area contributed by atoms with E-state index in [0.29, 0.717) is 12.4 Å². The largest absolute Gasteiger partial charge is 0.338 e. The molecule has 0 aliphatic carbocycles. The number of amides is 2. The Bertz CT molecular complexity index is 574. The summed E-state index contributed by atoms with van der Waals surface area (Å²) in [5.41, 5.74) is 1.09. The van der Waals surface area contributed by atoms with Gasteiger partial charge in [0, 0.05) is 26.8 Å². The number of nitrogens with zero attached hydrogens (tertiary/aromatic N) is 5. The molecule has 0 saturated carbocycles. The van der Waals surface area contributed by atoms with Gasteiger partial charge in [-0.3, -0.25) is 4.68 Å². The van der Waals surface area contributed by atoms with Gasteiger partial charge in [-0.15, -0.1) is 10.2 Å². The highest BCUT2D eigenvalue weighted by atomic mass is 16.2. The number of nitrogens with one attached hydrogen (secondary N) is 2. The van der Waals surface area contributed by atoms with Gasteiger partial charge in [-0.05, 0) is 18.9 Å². The number of urea groups is 1. The van der Waals surface area contributed by atoms with Gasteiger partial charge in [0.1, 0.15) is 6.33 Å². The average molecular weight is 277 g/mol. The summed E-state index contributed by atoms with van der Waals surface area (Å²) in [6.45, 7) is 2.42. The third kappa shape index (κ3) is 3.56. The van der Waals surface area contributed by atoms with Crippen LogP contribution in [0.5, 0.6) is 0 Å². The quantitative estimate of drug-likeness (QED) is 0.814. The molecule has 0 aliphatic rings. The molecule has 2 amide bonds. The van der Waals surface area contributed by atoms with Crippen LogP contribution in [0.2, 0.25) is 0 Å². The summed E-state index contributed by atoms with van der Waals surface area (Å²) < 4.78 is 3.52. The van der Waals surface area contributed by atoms with Gasteiger partial charge in [-0.1, -0.05) is 0 Å².